The molecule has 3 nitrogen and oxygen atoms in total. The molecule has 4 aromatic rings. The predicted octanol–water partition coefficient (Wildman–Crippen LogP) is 9.89. The topological polar surface area (TPSA) is 38.9 Å². The fraction of sp³-hybridized carbons (Fsp3) is 0.394. The molecule has 0 atom stereocenters. The number of fused-ring (bicyclic) bond motifs is 3. The molecule has 0 N–H and O–H groups in total. The Morgan fingerprint density at radius 3 is 1.89 bits per heavy atom. The Morgan fingerprint density at radius 2 is 1.21 bits per heavy atom. The Balaban J connectivity index is 1.64. The van der Waals surface area contributed by atoms with Crippen LogP contribution in [-0.4, -0.2) is 10.2 Å². The van der Waals surface area contributed by atoms with Crippen LogP contribution in [0.4, 0.5) is 8.78 Å². The highest BCUT2D eigenvalue weighted by Crippen LogP contribution is 2.56. The summed E-state index contributed by atoms with van der Waals surface area (Å²) in [5.74, 6) is -1.27. The van der Waals surface area contributed by atoms with E-state index < -0.39 is 11.6 Å². The highest BCUT2D eigenvalue weighted by Gasteiger charge is 2.44. The maximum Gasteiger partial charge on any atom is 0.254 e. The molecular formula is C33H36F2N2O. The summed E-state index contributed by atoms with van der Waals surface area (Å²) in [7, 11) is 0. The van der Waals surface area contributed by atoms with Gasteiger partial charge in [0.05, 0.1) is 0 Å². The van der Waals surface area contributed by atoms with Crippen LogP contribution in [0.5, 0.6) is 0 Å². The molecule has 0 saturated heterocycles. The van der Waals surface area contributed by atoms with Gasteiger partial charge in [0.1, 0.15) is 17.2 Å². The number of benzene rings is 3. The minimum Gasteiger partial charge on any atom is -0.416 e. The highest BCUT2D eigenvalue weighted by molar-refractivity contribution is 5.87. The first-order valence-electron chi connectivity index (χ1n) is 14.1. The number of halogens is 2. The highest BCUT2D eigenvalue weighted by atomic mass is 19.1. The van der Waals surface area contributed by atoms with Gasteiger partial charge in [-0.15, -0.1) is 10.2 Å². The fourth-order valence-electron chi connectivity index (χ4n) is 6.23. The van der Waals surface area contributed by atoms with E-state index in [1.165, 1.54) is 79.0 Å². The van der Waals surface area contributed by atoms with E-state index >= 15 is 0 Å². The van der Waals surface area contributed by atoms with Crippen LogP contribution in [0.1, 0.15) is 89.2 Å². The predicted molar refractivity (Wildman–Crippen MR) is 149 cm³/mol. The van der Waals surface area contributed by atoms with Crippen LogP contribution in [0, 0.1) is 11.6 Å². The molecule has 5 rings (SSSR count). The van der Waals surface area contributed by atoms with Crippen molar-refractivity contribution in [2.45, 2.75) is 83.5 Å². The summed E-state index contributed by atoms with van der Waals surface area (Å²) in [6.45, 7) is 4.48. The van der Waals surface area contributed by atoms with E-state index in [1.807, 2.05) is 12.1 Å². The van der Waals surface area contributed by atoms with E-state index in [1.54, 1.807) is 0 Å². The smallest absolute Gasteiger partial charge is 0.254 e. The Kier molecular flexibility index (Phi) is 8.01. The number of hydrogen-bond donors (Lipinski definition) is 0. The van der Waals surface area contributed by atoms with Gasteiger partial charge in [-0.3, -0.25) is 0 Å². The first kappa shape index (κ1) is 26.3. The molecule has 5 heteroatoms. The van der Waals surface area contributed by atoms with Crippen molar-refractivity contribution in [3.8, 4) is 34.0 Å². The summed E-state index contributed by atoms with van der Waals surface area (Å²) in [5, 5.41) is 8.40. The van der Waals surface area contributed by atoms with Crippen molar-refractivity contribution in [3.63, 3.8) is 0 Å². The van der Waals surface area contributed by atoms with Crippen molar-refractivity contribution in [2.24, 2.45) is 0 Å². The third-order valence-corrected chi connectivity index (χ3v) is 8.02. The lowest BCUT2D eigenvalue weighted by molar-refractivity contribution is 0.401. The van der Waals surface area contributed by atoms with Gasteiger partial charge in [-0.25, -0.2) is 8.78 Å². The Hall–Kier alpha value is -3.34. The first-order chi connectivity index (χ1) is 18.6. The Morgan fingerprint density at radius 1 is 0.632 bits per heavy atom. The summed E-state index contributed by atoms with van der Waals surface area (Å²) >= 11 is 0. The van der Waals surface area contributed by atoms with Crippen LogP contribution in [0.3, 0.4) is 0 Å². The SMILES string of the molecule is CCCCCCC1(CCCCCC)c2ccccc2-c2cccc(-c3nnc(-c4c(F)cccc4F)o3)c21. The van der Waals surface area contributed by atoms with Gasteiger partial charge in [0.2, 0.25) is 5.89 Å². The average Bonchev–Trinajstić information content (AvgIpc) is 3.52. The summed E-state index contributed by atoms with van der Waals surface area (Å²) < 4.78 is 35.0. The standard InChI is InChI=1S/C33H36F2N2O/c1-3-5-7-11-21-33(22-12-8-6-4-2)26-18-10-9-15-23(26)24-16-13-17-25(30(24)33)31-36-37-32(38-31)29-27(34)19-14-20-28(29)35/h9-10,13-20H,3-8,11-12,21-22H2,1-2H3. The van der Waals surface area contributed by atoms with Crippen LogP contribution >= 0.6 is 0 Å². The van der Waals surface area contributed by atoms with Gasteiger partial charge in [0.25, 0.3) is 5.89 Å². The molecule has 1 aliphatic carbocycles. The van der Waals surface area contributed by atoms with E-state index in [-0.39, 0.29) is 16.9 Å². The van der Waals surface area contributed by atoms with Crippen LogP contribution in [0.2, 0.25) is 0 Å². The molecule has 198 valence electrons. The summed E-state index contributed by atoms with van der Waals surface area (Å²) in [6.07, 6.45) is 11.6. The van der Waals surface area contributed by atoms with Crippen LogP contribution < -0.4 is 0 Å². The molecule has 0 aliphatic heterocycles. The second kappa shape index (κ2) is 11.6. The molecule has 3 aromatic carbocycles. The number of hydrogen-bond acceptors (Lipinski definition) is 3. The summed E-state index contributed by atoms with van der Waals surface area (Å²) in [4.78, 5) is 0. The zero-order valence-electron chi connectivity index (χ0n) is 22.4. The zero-order valence-corrected chi connectivity index (χ0v) is 22.4. The first-order valence-corrected chi connectivity index (χ1v) is 14.1. The normalized spacial score (nSPS) is 13.5. The van der Waals surface area contributed by atoms with E-state index in [2.05, 4.69) is 54.4 Å². The third-order valence-electron chi connectivity index (χ3n) is 8.02. The lowest BCUT2D eigenvalue weighted by atomic mass is 9.69. The molecular weight excluding hydrogens is 478 g/mol. The monoisotopic (exact) mass is 514 g/mol. The van der Waals surface area contributed by atoms with Crippen LogP contribution in [0.25, 0.3) is 34.0 Å². The van der Waals surface area contributed by atoms with Crippen molar-refractivity contribution in [1.29, 1.82) is 0 Å². The lowest BCUT2D eigenvalue weighted by Crippen LogP contribution is -2.26. The van der Waals surface area contributed by atoms with Crippen molar-refractivity contribution >= 4 is 0 Å². The number of nitrogens with zero attached hydrogens (tertiary/aromatic N) is 2. The molecule has 38 heavy (non-hydrogen) atoms. The summed E-state index contributed by atoms with van der Waals surface area (Å²) in [5.41, 5.74) is 5.46. The quantitative estimate of drug-likeness (QED) is 0.177. The van der Waals surface area contributed by atoms with Gasteiger partial charge >= 0.3 is 0 Å². The average molecular weight is 515 g/mol. The van der Waals surface area contributed by atoms with Gasteiger partial charge < -0.3 is 4.42 Å². The molecule has 1 aliphatic rings. The van der Waals surface area contributed by atoms with Crippen molar-refractivity contribution in [1.82, 2.24) is 10.2 Å². The number of aromatic nitrogens is 2. The van der Waals surface area contributed by atoms with Gasteiger partial charge in [-0.2, -0.15) is 0 Å². The molecule has 0 spiro atoms. The van der Waals surface area contributed by atoms with E-state index in [4.69, 9.17) is 4.42 Å². The molecule has 0 radical (unpaired) electrons. The number of rotatable bonds is 12. The second-order valence-corrected chi connectivity index (χ2v) is 10.5. The molecule has 1 aromatic heterocycles. The number of unbranched alkanes of at least 4 members (excludes halogenated alkanes) is 6. The molecule has 0 bridgehead atoms. The van der Waals surface area contributed by atoms with E-state index in [0.717, 1.165) is 31.2 Å². The van der Waals surface area contributed by atoms with Gasteiger partial charge in [-0.1, -0.05) is 108 Å². The summed E-state index contributed by atoms with van der Waals surface area (Å²) in [6, 6.07) is 18.7. The van der Waals surface area contributed by atoms with E-state index in [0.29, 0.717) is 5.89 Å². The van der Waals surface area contributed by atoms with E-state index in [9.17, 15) is 8.78 Å². The molecule has 0 amide bonds. The fourth-order valence-corrected chi connectivity index (χ4v) is 6.23. The van der Waals surface area contributed by atoms with Crippen molar-refractivity contribution in [3.05, 3.63) is 83.4 Å². The molecule has 0 saturated carbocycles. The zero-order chi connectivity index (χ0) is 26.5. The van der Waals surface area contributed by atoms with Crippen LogP contribution in [-0.2, 0) is 5.41 Å². The largest absolute Gasteiger partial charge is 0.416 e. The Bertz CT molecular complexity index is 1360. The second-order valence-electron chi connectivity index (χ2n) is 10.5. The van der Waals surface area contributed by atoms with Crippen molar-refractivity contribution in [2.75, 3.05) is 0 Å². The van der Waals surface area contributed by atoms with Gasteiger partial charge in [0, 0.05) is 11.0 Å². The lowest BCUT2D eigenvalue weighted by Gasteiger charge is -2.34. The van der Waals surface area contributed by atoms with Gasteiger partial charge in [-0.05, 0) is 53.3 Å². The Labute approximate surface area is 224 Å². The molecule has 0 fully saturated rings. The maximum atomic E-state index is 14.5. The molecule has 0 unspecified atom stereocenters. The van der Waals surface area contributed by atoms with Gasteiger partial charge in [0.15, 0.2) is 0 Å². The minimum atomic E-state index is -0.716. The minimum absolute atomic E-state index is 0.139. The molecule has 1 heterocycles. The van der Waals surface area contributed by atoms with Crippen molar-refractivity contribution < 1.29 is 13.2 Å². The maximum absolute atomic E-state index is 14.5. The third kappa shape index (κ3) is 4.79. The van der Waals surface area contributed by atoms with Crippen LogP contribution in [0.15, 0.2) is 65.1 Å².